The van der Waals surface area contributed by atoms with Crippen LogP contribution < -0.4 is 4.90 Å². The maximum Gasteiger partial charge on any atom is 0.257 e. The third kappa shape index (κ3) is 5.85. The van der Waals surface area contributed by atoms with Crippen LogP contribution >= 0.6 is 0 Å². The predicted molar refractivity (Wildman–Crippen MR) is 134 cm³/mol. The second kappa shape index (κ2) is 10.5. The molecule has 1 aromatic carbocycles. The fourth-order valence-corrected chi connectivity index (χ4v) is 4.86. The molecule has 3 saturated carbocycles. The molecule has 190 valence electrons. The maximum absolute atomic E-state index is 13.3. The minimum atomic E-state index is 0.144. The van der Waals surface area contributed by atoms with Gasteiger partial charge in [0.2, 0.25) is 11.8 Å². The number of unbranched alkanes of at least 4 members (excludes halogenated alkanes) is 2. The monoisotopic (exact) mass is 489 g/mol. The molecule has 1 amide bonds. The molecular weight excluding hydrogens is 454 g/mol. The van der Waals surface area contributed by atoms with Crippen molar-refractivity contribution in [2.75, 3.05) is 11.4 Å². The van der Waals surface area contributed by atoms with E-state index in [0.717, 1.165) is 92.5 Å². The Morgan fingerprint density at radius 3 is 2.36 bits per heavy atom. The van der Waals surface area contributed by atoms with Gasteiger partial charge in [-0.15, -0.1) is 0 Å². The van der Waals surface area contributed by atoms with E-state index >= 15 is 0 Å². The molecule has 8 heteroatoms. The van der Waals surface area contributed by atoms with E-state index in [0.29, 0.717) is 18.4 Å². The van der Waals surface area contributed by atoms with E-state index in [1.54, 1.807) is 0 Å². The largest absolute Gasteiger partial charge is 0.339 e. The molecule has 0 atom stereocenters. The van der Waals surface area contributed by atoms with Crippen LogP contribution in [0, 0.1) is 17.8 Å². The van der Waals surface area contributed by atoms with Crippen molar-refractivity contribution in [3.8, 4) is 11.5 Å². The summed E-state index contributed by atoms with van der Waals surface area (Å²) in [5, 5.41) is 8.28. The van der Waals surface area contributed by atoms with Crippen molar-refractivity contribution < 1.29 is 13.8 Å². The molecule has 3 aromatic rings. The number of aromatic nitrogens is 4. The zero-order chi connectivity index (χ0) is 24.3. The van der Waals surface area contributed by atoms with Gasteiger partial charge in [-0.1, -0.05) is 29.2 Å². The number of carbonyl (C=O) groups is 1. The van der Waals surface area contributed by atoms with Crippen LogP contribution in [0.15, 0.2) is 33.3 Å². The molecule has 0 bridgehead atoms. The van der Waals surface area contributed by atoms with Crippen molar-refractivity contribution in [2.24, 2.45) is 17.8 Å². The normalized spacial score (nSPS) is 17.8. The lowest BCUT2D eigenvalue weighted by atomic mass is 9.84. The lowest BCUT2D eigenvalue weighted by molar-refractivity contribution is -0.124. The first kappa shape index (κ1) is 23.4. The van der Waals surface area contributed by atoms with Crippen LogP contribution in [0.4, 0.5) is 5.69 Å². The number of hydrogen-bond donors (Lipinski definition) is 0. The summed E-state index contributed by atoms with van der Waals surface area (Å²) in [6.07, 6.45) is 13.8. The van der Waals surface area contributed by atoms with Gasteiger partial charge in [-0.2, -0.15) is 9.97 Å². The second-order valence-corrected chi connectivity index (χ2v) is 10.9. The van der Waals surface area contributed by atoms with E-state index < -0.39 is 0 Å². The highest BCUT2D eigenvalue weighted by Gasteiger charge is 2.30. The molecular formula is C28H35N5O3. The third-order valence-corrected chi connectivity index (χ3v) is 7.71. The van der Waals surface area contributed by atoms with E-state index in [4.69, 9.17) is 9.05 Å². The molecule has 2 aromatic heterocycles. The van der Waals surface area contributed by atoms with Gasteiger partial charge in [0, 0.05) is 43.0 Å². The Hall–Kier alpha value is -3.03. The number of nitrogens with zero attached hydrogens (tertiary/aromatic N) is 5. The van der Waals surface area contributed by atoms with Crippen molar-refractivity contribution in [3.05, 3.63) is 41.8 Å². The molecule has 3 aliphatic rings. The van der Waals surface area contributed by atoms with Gasteiger partial charge in [-0.25, -0.2) is 0 Å². The van der Waals surface area contributed by atoms with Crippen LogP contribution in [-0.4, -0.2) is 32.7 Å². The zero-order valence-corrected chi connectivity index (χ0v) is 20.9. The average Bonchev–Trinajstić information content (AvgIpc) is 3.74. The summed E-state index contributed by atoms with van der Waals surface area (Å²) in [6.45, 7) is 0.701. The summed E-state index contributed by atoms with van der Waals surface area (Å²) in [4.78, 5) is 24.4. The van der Waals surface area contributed by atoms with Crippen LogP contribution in [0.1, 0.15) is 81.7 Å². The Labute approximate surface area is 211 Å². The summed E-state index contributed by atoms with van der Waals surface area (Å²) in [6, 6.07) is 7.99. The van der Waals surface area contributed by atoms with Crippen molar-refractivity contribution in [3.63, 3.8) is 0 Å². The SMILES string of the molecule is O=C(C1CCC1)N(CCCCCc1nc(CC2CC2)no1)c1cccc(-c2nc(CC3CC3)no2)c1. The van der Waals surface area contributed by atoms with Crippen molar-refractivity contribution in [2.45, 2.75) is 83.5 Å². The second-order valence-electron chi connectivity index (χ2n) is 10.9. The molecule has 36 heavy (non-hydrogen) atoms. The molecule has 0 N–H and O–H groups in total. The van der Waals surface area contributed by atoms with E-state index in [1.807, 2.05) is 29.2 Å². The Kier molecular flexibility index (Phi) is 6.84. The van der Waals surface area contributed by atoms with Gasteiger partial charge in [-0.05, 0) is 81.4 Å². The highest BCUT2D eigenvalue weighted by atomic mass is 16.5. The number of carbonyl (C=O) groups excluding carboxylic acids is 1. The molecule has 0 unspecified atom stereocenters. The van der Waals surface area contributed by atoms with Crippen molar-refractivity contribution >= 4 is 11.6 Å². The molecule has 8 nitrogen and oxygen atoms in total. The summed E-state index contributed by atoms with van der Waals surface area (Å²) >= 11 is 0. The van der Waals surface area contributed by atoms with E-state index in [-0.39, 0.29) is 11.8 Å². The Morgan fingerprint density at radius 1 is 0.889 bits per heavy atom. The fourth-order valence-electron chi connectivity index (χ4n) is 4.86. The van der Waals surface area contributed by atoms with Crippen LogP contribution in [-0.2, 0) is 24.1 Å². The van der Waals surface area contributed by atoms with Gasteiger partial charge in [0.1, 0.15) is 0 Å². The van der Waals surface area contributed by atoms with E-state index in [1.165, 1.54) is 25.7 Å². The molecule has 2 heterocycles. The summed E-state index contributed by atoms with van der Waals surface area (Å²) in [5.41, 5.74) is 1.78. The molecule has 0 radical (unpaired) electrons. The number of amides is 1. The molecule has 0 aliphatic heterocycles. The van der Waals surface area contributed by atoms with Crippen molar-refractivity contribution in [1.82, 2.24) is 20.3 Å². The lowest BCUT2D eigenvalue weighted by Crippen LogP contribution is -2.39. The van der Waals surface area contributed by atoms with Gasteiger partial charge in [0.05, 0.1) is 0 Å². The first-order valence-corrected chi connectivity index (χ1v) is 13.8. The highest BCUT2D eigenvalue weighted by molar-refractivity contribution is 5.96. The summed E-state index contributed by atoms with van der Waals surface area (Å²) in [5.74, 6) is 4.75. The van der Waals surface area contributed by atoms with Crippen LogP contribution in [0.25, 0.3) is 11.5 Å². The number of anilines is 1. The first-order chi connectivity index (χ1) is 17.7. The van der Waals surface area contributed by atoms with Crippen LogP contribution in [0.2, 0.25) is 0 Å². The van der Waals surface area contributed by atoms with Crippen LogP contribution in [0.5, 0.6) is 0 Å². The standard InChI is InChI=1S/C28H35N5O3/c34-28(21-6-4-7-21)33(15-3-1-2-10-26-29-24(31-35-26)16-19-11-12-19)23-9-5-8-22(18-23)27-30-25(32-36-27)17-20-13-14-20/h5,8-9,18-21H,1-4,6-7,10-17H2. The van der Waals surface area contributed by atoms with Crippen molar-refractivity contribution in [1.29, 1.82) is 0 Å². The Bertz CT molecular complexity index is 1180. The van der Waals surface area contributed by atoms with Gasteiger partial charge in [0.25, 0.3) is 5.89 Å². The number of benzene rings is 1. The fraction of sp³-hybridized carbons (Fsp3) is 0.607. The molecule has 3 fully saturated rings. The Balaban J connectivity index is 1.06. The lowest BCUT2D eigenvalue weighted by Gasteiger charge is -2.32. The smallest absolute Gasteiger partial charge is 0.257 e. The first-order valence-electron chi connectivity index (χ1n) is 13.8. The topological polar surface area (TPSA) is 98.2 Å². The number of aryl methyl sites for hydroxylation is 1. The maximum atomic E-state index is 13.3. The minimum absolute atomic E-state index is 0.144. The number of hydrogen-bond acceptors (Lipinski definition) is 7. The Morgan fingerprint density at radius 2 is 1.64 bits per heavy atom. The van der Waals surface area contributed by atoms with Crippen LogP contribution in [0.3, 0.4) is 0 Å². The molecule has 0 saturated heterocycles. The minimum Gasteiger partial charge on any atom is -0.339 e. The predicted octanol–water partition coefficient (Wildman–Crippen LogP) is 5.57. The third-order valence-electron chi connectivity index (χ3n) is 7.71. The van der Waals surface area contributed by atoms with Gasteiger partial charge in [0.15, 0.2) is 11.6 Å². The molecule has 3 aliphatic carbocycles. The van der Waals surface area contributed by atoms with Gasteiger partial charge >= 0.3 is 0 Å². The number of rotatable bonds is 13. The zero-order valence-electron chi connectivity index (χ0n) is 20.9. The summed E-state index contributed by atoms with van der Waals surface area (Å²) in [7, 11) is 0. The van der Waals surface area contributed by atoms with E-state index in [2.05, 4.69) is 20.3 Å². The van der Waals surface area contributed by atoms with Gasteiger partial charge < -0.3 is 13.9 Å². The summed E-state index contributed by atoms with van der Waals surface area (Å²) < 4.78 is 11.0. The quantitative estimate of drug-likeness (QED) is 0.289. The highest BCUT2D eigenvalue weighted by Crippen LogP contribution is 2.34. The molecule has 0 spiro atoms. The molecule has 6 rings (SSSR count). The average molecular weight is 490 g/mol. The van der Waals surface area contributed by atoms with E-state index in [9.17, 15) is 4.79 Å². The van der Waals surface area contributed by atoms with Gasteiger partial charge in [-0.3, -0.25) is 4.79 Å².